The first-order valence-electron chi connectivity index (χ1n) is 1.24. The van der Waals surface area contributed by atoms with Crippen molar-refractivity contribution in [1.82, 2.24) is 0 Å². The van der Waals surface area contributed by atoms with Gasteiger partial charge >= 0.3 is 40.7 Å². The van der Waals surface area contributed by atoms with Gasteiger partial charge in [-0.15, -0.1) is 0 Å². The van der Waals surface area contributed by atoms with Gasteiger partial charge in [-0.25, -0.2) is 0 Å². The van der Waals surface area contributed by atoms with Crippen molar-refractivity contribution in [2.24, 2.45) is 0 Å². The number of quaternary nitrogens is 2. The summed E-state index contributed by atoms with van der Waals surface area (Å²) in [4.78, 5) is 0. The van der Waals surface area contributed by atoms with E-state index in [0.29, 0.717) is 0 Å². The molecular formula is H6N2O4Se+2. The van der Waals surface area contributed by atoms with Gasteiger partial charge in [-0.1, -0.05) is 0 Å². The van der Waals surface area contributed by atoms with Crippen molar-refractivity contribution < 1.29 is 27.3 Å². The van der Waals surface area contributed by atoms with E-state index in [0.717, 1.165) is 0 Å². The van der Waals surface area contributed by atoms with Crippen molar-refractivity contribution in [3.05, 3.63) is 0 Å². The molecule has 0 heterocycles. The van der Waals surface area contributed by atoms with Crippen LogP contribution < -0.4 is 11.8 Å². The third-order valence-corrected chi connectivity index (χ3v) is 1.50. The van der Waals surface area contributed by atoms with Crippen LogP contribution in [0.1, 0.15) is 0 Å². The van der Waals surface area contributed by atoms with Gasteiger partial charge < -0.3 is 0 Å². The summed E-state index contributed by atoms with van der Waals surface area (Å²) in [5.41, 5.74) is 0. The maximum absolute atomic E-state index is 9.87. The fourth-order valence-electron chi connectivity index (χ4n) is 0.0340. The summed E-state index contributed by atoms with van der Waals surface area (Å²) >= 11 is -4.53. The molecule has 7 heavy (non-hydrogen) atoms. The molecule has 0 spiro atoms. The van der Waals surface area contributed by atoms with E-state index in [-0.39, 0.29) is 0 Å². The van der Waals surface area contributed by atoms with Crippen LogP contribution in [0.2, 0.25) is 0 Å². The summed E-state index contributed by atoms with van der Waals surface area (Å²) in [5.74, 6) is 5.22. The Morgan fingerprint density at radius 1 is 1.14 bits per heavy atom. The van der Waals surface area contributed by atoms with Crippen molar-refractivity contribution >= 4 is 13.4 Å². The van der Waals surface area contributed by atoms with E-state index in [1.54, 1.807) is 0 Å². The molecule has 44 valence electrons. The average molecular weight is 177 g/mol. The van der Waals surface area contributed by atoms with Crippen LogP contribution in [0.15, 0.2) is 0 Å². The molecule has 0 aliphatic carbocycles. The second-order valence-electron chi connectivity index (χ2n) is 0.644. The van der Waals surface area contributed by atoms with Gasteiger partial charge in [-0.05, 0) is 0 Å². The molecule has 0 aliphatic rings. The molecule has 0 saturated heterocycles. The molecule has 0 unspecified atom stereocenters. The number of hydrogen-bond donors (Lipinski definition) is 2. The second kappa shape index (κ2) is 2.31. The number of rotatable bonds is 2. The average Bonchev–Trinajstić information content (AvgIpc) is 1.68. The van der Waals surface area contributed by atoms with Crippen LogP contribution in [0, 0.1) is 0 Å². The summed E-state index contributed by atoms with van der Waals surface area (Å²) in [6.45, 7) is 0. The van der Waals surface area contributed by atoms with E-state index < -0.39 is 13.4 Å². The van der Waals surface area contributed by atoms with Crippen LogP contribution in [0.5, 0.6) is 0 Å². The predicted octanol–water partition coefficient (Wildman–Crippen LogP) is -3.37. The number of hydrogen-bond acceptors (Lipinski definition) is 4. The van der Waals surface area contributed by atoms with Crippen LogP contribution in [-0.2, 0) is 15.5 Å². The quantitative estimate of drug-likeness (QED) is 0.339. The third kappa shape index (κ3) is 2.63. The monoisotopic (exact) mass is 178 g/mol. The SMILES string of the molecule is [NH3+]O[Se](=O)(=O)O[NH3+]. The molecule has 0 bridgehead atoms. The topological polar surface area (TPSA) is 108 Å². The molecule has 0 aromatic rings. The molecule has 0 aromatic heterocycles. The molecule has 0 aliphatic heterocycles. The van der Waals surface area contributed by atoms with Gasteiger partial charge in [0, 0.05) is 0 Å². The standard InChI is InChI=1S/H6N2O4Se/c1-5-7(3,4)6-2/h1-2H3/q+2. The molecule has 6 N–H and O–H groups in total. The molecule has 0 radical (unpaired) electrons. The van der Waals surface area contributed by atoms with Gasteiger partial charge in [0.05, 0.1) is 0 Å². The Bertz CT molecular complexity index is 113. The van der Waals surface area contributed by atoms with E-state index in [4.69, 9.17) is 0 Å². The van der Waals surface area contributed by atoms with Crippen LogP contribution >= 0.6 is 0 Å². The van der Waals surface area contributed by atoms with Gasteiger partial charge in [0.25, 0.3) is 0 Å². The van der Waals surface area contributed by atoms with Gasteiger partial charge in [-0.2, -0.15) is 0 Å². The Labute approximate surface area is 41.6 Å². The van der Waals surface area contributed by atoms with E-state index >= 15 is 0 Å². The fraction of sp³-hybridized carbons (Fsp3) is 0. The Morgan fingerprint density at radius 3 is 1.43 bits per heavy atom. The molecule has 0 aromatic carbocycles. The third-order valence-electron chi connectivity index (χ3n) is 0.289. The van der Waals surface area contributed by atoms with Crippen molar-refractivity contribution in [2.75, 3.05) is 0 Å². The van der Waals surface area contributed by atoms with E-state index in [9.17, 15) is 7.67 Å². The predicted molar refractivity (Wildman–Crippen MR) is 15.1 cm³/mol. The molecule has 0 atom stereocenters. The van der Waals surface area contributed by atoms with Gasteiger partial charge in [0.15, 0.2) is 0 Å². The Hall–Kier alpha value is -0.0405. The zero-order valence-corrected chi connectivity index (χ0v) is 5.17. The van der Waals surface area contributed by atoms with Crippen LogP contribution in [0.4, 0.5) is 0 Å². The molecule has 6 nitrogen and oxygen atoms in total. The van der Waals surface area contributed by atoms with Crippen LogP contribution in [-0.4, -0.2) is 13.4 Å². The minimum absolute atomic E-state index is 2.61. The first kappa shape index (κ1) is 6.96. The van der Waals surface area contributed by atoms with Crippen LogP contribution in [0.25, 0.3) is 0 Å². The van der Waals surface area contributed by atoms with Crippen molar-refractivity contribution in [1.29, 1.82) is 0 Å². The van der Waals surface area contributed by atoms with E-state index in [1.807, 2.05) is 0 Å². The summed E-state index contributed by atoms with van der Waals surface area (Å²) < 4.78 is 26.9. The van der Waals surface area contributed by atoms with Crippen molar-refractivity contribution in [3.8, 4) is 0 Å². The first-order valence-corrected chi connectivity index (χ1v) is 4.04. The molecule has 0 saturated carbocycles. The summed E-state index contributed by atoms with van der Waals surface area (Å²) in [5, 5.41) is 0. The molecule has 0 fully saturated rings. The normalized spacial score (nSPS) is 11.7. The summed E-state index contributed by atoms with van der Waals surface area (Å²) in [6, 6.07) is 0. The molecule has 0 rings (SSSR count). The second-order valence-corrected chi connectivity index (χ2v) is 3.35. The van der Waals surface area contributed by atoms with Crippen molar-refractivity contribution in [2.45, 2.75) is 0 Å². The molecule has 7 heteroatoms. The van der Waals surface area contributed by atoms with E-state index in [1.165, 1.54) is 0 Å². The Kier molecular flexibility index (Phi) is 2.30. The maximum atomic E-state index is 9.87. The summed E-state index contributed by atoms with van der Waals surface area (Å²) in [7, 11) is 0. The first-order chi connectivity index (χ1) is 3.12. The zero-order chi connectivity index (χ0) is 5.91. The van der Waals surface area contributed by atoms with E-state index in [2.05, 4.69) is 19.6 Å². The fourth-order valence-corrected chi connectivity index (χ4v) is 0.177. The Morgan fingerprint density at radius 2 is 1.43 bits per heavy atom. The zero-order valence-electron chi connectivity index (χ0n) is 3.46. The molecular weight excluding hydrogens is 171 g/mol. The Balaban J connectivity index is 3.89. The van der Waals surface area contributed by atoms with Gasteiger partial charge in [-0.3, -0.25) is 0 Å². The van der Waals surface area contributed by atoms with Crippen LogP contribution in [0.3, 0.4) is 0 Å². The summed E-state index contributed by atoms with van der Waals surface area (Å²) in [6.07, 6.45) is 0. The van der Waals surface area contributed by atoms with Gasteiger partial charge in [0.2, 0.25) is 0 Å². The van der Waals surface area contributed by atoms with Gasteiger partial charge in [0.1, 0.15) is 0 Å². The minimum atomic E-state index is -4.53. The van der Waals surface area contributed by atoms with Crippen molar-refractivity contribution in [3.63, 3.8) is 0 Å². The molecule has 0 amide bonds.